The molecule has 2 aromatic rings. The lowest BCUT2D eigenvalue weighted by Crippen LogP contribution is -2.50. The Kier molecular flexibility index (Phi) is 7.73. The minimum Gasteiger partial charge on any atom is -0.481 e. The summed E-state index contributed by atoms with van der Waals surface area (Å²) in [5.74, 6) is -1.56. The average Bonchev–Trinajstić information content (AvgIpc) is 3.16. The van der Waals surface area contributed by atoms with Gasteiger partial charge in [0.2, 0.25) is 5.91 Å². The number of rotatable bonds is 8. The van der Waals surface area contributed by atoms with Crippen LogP contribution < -0.4 is 5.32 Å². The molecule has 3 atom stereocenters. The molecule has 2 N–H and O–H groups in total. The van der Waals surface area contributed by atoms with E-state index in [4.69, 9.17) is 4.74 Å². The number of amides is 2. The van der Waals surface area contributed by atoms with Gasteiger partial charge in [-0.05, 0) is 48.4 Å². The predicted octanol–water partition coefficient (Wildman–Crippen LogP) is 4.80. The molecule has 0 aromatic heterocycles. The lowest BCUT2D eigenvalue weighted by Gasteiger charge is -2.38. The summed E-state index contributed by atoms with van der Waals surface area (Å²) in [6.45, 7) is 4.56. The van der Waals surface area contributed by atoms with Crippen LogP contribution in [0.1, 0.15) is 63.0 Å². The van der Waals surface area contributed by atoms with E-state index in [2.05, 4.69) is 29.6 Å². The lowest BCUT2D eigenvalue weighted by atomic mass is 9.90. The van der Waals surface area contributed by atoms with Crippen molar-refractivity contribution in [3.05, 3.63) is 59.7 Å². The number of ether oxygens (including phenoxy) is 1. The highest BCUT2D eigenvalue weighted by atomic mass is 16.5. The minimum absolute atomic E-state index is 0.0263. The number of carboxylic acid groups (broad SMARTS) is 1. The molecule has 3 unspecified atom stereocenters. The van der Waals surface area contributed by atoms with E-state index in [9.17, 15) is 19.5 Å². The number of likely N-dealkylation sites (tertiary alicyclic amines) is 1. The molecule has 2 aliphatic rings. The number of alkyl carbamates (subject to hydrolysis) is 1. The number of carbonyl (C=O) groups is 3. The molecule has 1 fully saturated rings. The topological polar surface area (TPSA) is 95.9 Å². The molecule has 2 aromatic carbocycles. The lowest BCUT2D eigenvalue weighted by molar-refractivity contribution is -0.149. The third kappa shape index (κ3) is 5.34. The molecule has 35 heavy (non-hydrogen) atoms. The first-order chi connectivity index (χ1) is 16.9. The van der Waals surface area contributed by atoms with E-state index in [0.717, 1.165) is 17.5 Å². The maximum absolute atomic E-state index is 13.0. The molecule has 186 valence electrons. The summed E-state index contributed by atoms with van der Waals surface area (Å²) in [6, 6.07) is 15.6. The van der Waals surface area contributed by atoms with Crippen LogP contribution in [0.3, 0.4) is 0 Å². The van der Waals surface area contributed by atoms with Crippen molar-refractivity contribution in [2.75, 3.05) is 13.2 Å². The number of fused-ring (bicyclic) bond motifs is 3. The molecule has 4 rings (SSSR count). The van der Waals surface area contributed by atoms with Gasteiger partial charge in [0.15, 0.2) is 0 Å². The average molecular weight is 479 g/mol. The van der Waals surface area contributed by atoms with Crippen molar-refractivity contribution >= 4 is 18.0 Å². The normalized spacial score (nSPS) is 20.0. The van der Waals surface area contributed by atoms with Gasteiger partial charge < -0.3 is 20.1 Å². The van der Waals surface area contributed by atoms with Crippen molar-refractivity contribution in [1.29, 1.82) is 0 Å². The number of carbonyl (C=O) groups excluding carboxylic acids is 2. The molecule has 0 saturated carbocycles. The second-order valence-corrected chi connectivity index (χ2v) is 9.57. The van der Waals surface area contributed by atoms with Crippen molar-refractivity contribution < 1.29 is 24.2 Å². The van der Waals surface area contributed by atoms with Gasteiger partial charge >= 0.3 is 12.1 Å². The molecule has 1 heterocycles. The van der Waals surface area contributed by atoms with Gasteiger partial charge in [-0.1, -0.05) is 61.9 Å². The number of hydrogen-bond donors (Lipinski definition) is 2. The summed E-state index contributed by atoms with van der Waals surface area (Å²) in [5.41, 5.74) is 4.63. The fourth-order valence-corrected chi connectivity index (χ4v) is 5.53. The molecule has 2 amide bonds. The number of nitrogens with one attached hydrogen (secondary N) is 1. The molecular formula is C28H34N2O5. The van der Waals surface area contributed by atoms with Gasteiger partial charge in [-0.3, -0.25) is 9.59 Å². The Labute approximate surface area is 206 Å². The van der Waals surface area contributed by atoms with Crippen LogP contribution in [-0.4, -0.2) is 53.2 Å². The van der Waals surface area contributed by atoms with Gasteiger partial charge in [0, 0.05) is 31.0 Å². The highest BCUT2D eigenvalue weighted by molar-refractivity contribution is 5.81. The van der Waals surface area contributed by atoms with Gasteiger partial charge in [-0.25, -0.2) is 4.79 Å². The second kappa shape index (κ2) is 10.9. The highest BCUT2D eigenvalue weighted by Crippen LogP contribution is 2.44. The highest BCUT2D eigenvalue weighted by Gasteiger charge is 2.36. The number of carboxylic acids is 1. The van der Waals surface area contributed by atoms with Crippen molar-refractivity contribution in [2.24, 2.45) is 5.92 Å². The summed E-state index contributed by atoms with van der Waals surface area (Å²) in [6.07, 6.45) is 2.29. The first-order valence-electron chi connectivity index (χ1n) is 12.5. The second-order valence-electron chi connectivity index (χ2n) is 9.57. The summed E-state index contributed by atoms with van der Waals surface area (Å²) >= 11 is 0. The van der Waals surface area contributed by atoms with E-state index < -0.39 is 18.0 Å². The molecule has 7 heteroatoms. The molecule has 0 bridgehead atoms. The zero-order chi connectivity index (χ0) is 24.9. The van der Waals surface area contributed by atoms with Crippen LogP contribution in [0.25, 0.3) is 11.1 Å². The number of hydrogen-bond acceptors (Lipinski definition) is 4. The van der Waals surface area contributed by atoms with Crippen LogP contribution in [0.2, 0.25) is 0 Å². The smallest absolute Gasteiger partial charge is 0.407 e. The van der Waals surface area contributed by atoms with Gasteiger partial charge in [-0.2, -0.15) is 0 Å². The zero-order valence-electron chi connectivity index (χ0n) is 20.4. The third-order valence-corrected chi connectivity index (χ3v) is 7.35. The number of aliphatic carboxylic acids is 1. The summed E-state index contributed by atoms with van der Waals surface area (Å²) in [7, 11) is 0. The predicted molar refractivity (Wildman–Crippen MR) is 133 cm³/mol. The first kappa shape index (κ1) is 24.8. The molecule has 7 nitrogen and oxygen atoms in total. The minimum atomic E-state index is -0.864. The van der Waals surface area contributed by atoms with Crippen LogP contribution in [0, 0.1) is 5.92 Å². The quantitative estimate of drug-likeness (QED) is 0.568. The summed E-state index contributed by atoms with van der Waals surface area (Å²) in [4.78, 5) is 38.9. The van der Waals surface area contributed by atoms with E-state index in [-0.39, 0.29) is 36.9 Å². The number of nitrogens with zero attached hydrogens (tertiary/aromatic N) is 1. The van der Waals surface area contributed by atoms with Gasteiger partial charge in [0.05, 0.1) is 5.92 Å². The van der Waals surface area contributed by atoms with E-state index >= 15 is 0 Å². The van der Waals surface area contributed by atoms with Crippen molar-refractivity contribution in [1.82, 2.24) is 10.2 Å². The molecule has 0 spiro atoms. The van der Waals surface area contributed by atoms with Crippen LogP contribution in [0.15, 0.2) is 48.5 Å². The zero-order valence-corrected chi connectivity index (χ0v) is 20.4. The maximum atomic E-state index is 13.0. The van der Waals surface area contributed by atoms with Gasteiger partial charge in [-0.15, -0.1) is 0 Å². The third-order valence-electron chi connectivity index (χ3n) is 7.35. The van der Waals surface area contributed by atoms with Crippen molar-refractivity contribution in [3.8, 4) is 11.1 Å². The van der Waals surface area contributed by atoms with E-state index in [1.54, 1.807) is 11.8 Å². The van der Waals surface area contributed by atoms with Crippen LogP contribution in [-0.2, 0) is 14.3 Å². The molecule has 1 saturated heterocycles. The Morgan fingerprint density at radius 2 is 1.71 bits per heavy atom. The molecule has 1 aliphatic heterocycles. The SMILES string of the molecule is CCCC(CC(=O)N1CCCC(C(=O)O)C1C)NC(=O)OCC1c2ccccc2-c2ccccc21. The van der Waals surface area contributed by atoms with Gasteiger partial charge in [0.1, 0.15) is 6.61 Å². The monoisotopic (exact) mass is 478 g/mol. The van der Waals surface area contributed by atoms with E-state index in [1.165, 1.54) is 11.1 Å². The molecule has 0 radical (unpaired) electrons. The van der Waals surface area contributed by atoms with Crippen LogP contribution in [0.4, 0.5) is 4.79 Å². The standard InChI is InChI=1S/C28H34N2O5/c1-3-9-19(16-26(31)30-15-8-14-20(18(30)2)27(32)33)29-28(34)35-17-25-23-12-6-4-10-21(23)22-11-5-7-13-24(22)25/h4-7,10-13,18-20,25H,3,8-9,14-17H2,1-2H3,(H,29,34)(H,32,33). The molecular weight excluding hydrogens is 444 g/mol. The Balaban J connectivity index is 1.36. The van der Waals surface area contributed by atoms with Gasteiger partial charge in [0.25, 0.3) is 0 Å². The van der Waals surface area contributed by atoms with Crippen LogP contribution >= 0.6 is 0 Å². The summed E-state index contributed by atoms with van der Waals surface area (Å²) < 4.78 is 5.66. The first-order valence-corrected chi connectivity index (χ1v) is 12.5. The van der Waals surface area contributed by atoms with Crippen LogP contribution in [0.5, 0.6) is 0 Å². The van der Waals surface area contributed by atoms with Crippen molar-refractivity contribution in [2.45, 2.75) is 64.0 Å². The Hall–Kier alpha value is -3.35. The van der Waals surface area contributed by atoms with E-state index in [0.29, 0.717) is 25.8 Å². The Bertz CT molecular complexity index is 1040. The maximum Gasteiger partial charge on any atom is 0.407 e. The van der Waals surface area contributed by atoms with E-state index in [1.807, 2.05) is 31.2 Å². The number of piperidine rings is 1. The van der Waals surface area contributed by atoms with Crippen molar-refractivity contribution in [3.63, 3.8) is 0 Å². The Morgan fingerprint density at radius 3 is 2.31 bits per heavy atom. The molecule has 1 aliphatic carbocycles. The largest absolute Gasteiger partial charge is 0.481 e. The summed E-state index contributed by atoms with van der Waals surface area (Å²) in [5, 5.41) is 12.3. The fourth-order valence-electron chi connectivity index (χ4n) is 5.53. The fraction of sp³-hybridized carbons (Fsp3) is 0.464. The Morgan fingerprint density at radius 1 is 1.09 bits per heavy atom. The number of benzene rings is 2.